The molecule has 3 rings (SSSR count). The van der Waals surface area contributed by atoms with E-state index >= 15 is 0 Å². The molecule has 0 spiro atoms. The number of thiophene rings is 1. The van der Waals surface area contributed by atoms with Crippen LogP contribution in [0.25, 0.3) is 10.9 Å². The Labute approximate surface area is 109 Å². The highest BCUT2D eigenvalue weighted by atomic mass is 35.5. The van der Waals surface area contributed by atoms with Gasteiger partial charge in [0.2, 0.25) is 0 Å². The van der Waals surface area contributed by atoms with Gasteiger partial charge in [-0.15, -0.1) is 11.3 Å². The Kier molecular flexibility index (Phi) is 2.69. The zero-order valence-electron chi connectivity index (χ0n) is 9.46. The molecule has 0 fully saturated rings. The van der Waals surface area contributed by atoms with E-state index in [9.17, 15) is 0 Å². The van der Waals surface area contributed by atoms with E-state index in [1.54, 1.807) is 0 Å². The summed E-state index contributed by atoms with van der Waals surface area (Å²) < 4.78 is 0. The first kappa shape index (κ1) is 10.9. The van der Waals surface area contributed by atoms with Crippen LogP contribution in [0.2, 0.25) is 5.02 Å². The van der Waals surface area contributed by atoms with E-state index < -0.39 is 0 Å². The molecule has 0 saturated carbocycles. The average molecular weight is 262 g/mol. The molecule has 0 saturated heterocycles. The van der Waals surface area contributed by atoms with Crippen LogP contribution in [-0.2, 0) is 6.42 Å². The molecule has 0 aliphatic carbocycles. The molecule has 0 aliphatic rings. The maximum atomic E-state index is 6.04. The third-order valence-electron chi connectivity index (χ3n) is 2.89. The van der Waals surface area contributed by atoms with Crippen molar-refractivity contribution in [3.05, 3.63) is 56.9 Å². The maximum absolute atomic E-state index is 6.04. The van der Waals surface area contributed by atoms with E-state index in [2.05, 4.69) is 30.2 Å². The van der Waals surface area contributed by atoms with Crippen molar-refractivity contribution in [3.8, 4) is 0 Å². The lowest BCUT2D eigenvalue weighted by atomic mass is 10.1. The summed E-state index contributed by atoms with van der Waals surface area (Å²) in [6.07, 6.45) is 3.05. The van der Waals surface area contributed by atoms with E-state index in [0.29, 0.717) is 0 Å². The molecule has 1 N–H and O–H groups in total. The molecule has 1 aromatic carbocycles. The number of benzene rings is 1. The van der Waals surface area contributed by atoms with Crippen molar-refractivity contribution in [2.75, 3.05) is 0 Å². The molecule has 86 valence electrons. The Morgan fingerprint density at radius 3 is 2.88 bits per heavy atom. The van der Waals surface area contributed by atoms with Crippen LogP contribution >= 0.6 is 22.9 Å². The number of rotatable bonds is 2. The number of hydrogen-bond acceptors (Lipinski definition) is 1. The first-order valence-corrected chi connectivity index (χ1v) is 6.72. The quantitative estimate of drug-likeness (QED) is 0.683. The predicted octanol–water partition coefficient (Wildman–Crippen LogP) is 4.78. The Balaban J connectivity index is 2.03. The number of aromatic nitrogens is 1. The first-order valence-electron chi connectivity index (χ1n) is 5.53. The van der Waals surface area contributed by atoms with Crippen molar-refractivity contribution in [1.82, 2.24) is 4.98 Å². The average Bonchev–Trinajstić information content (AvgIpc) is 2.87. The van der Waals surface area contributed by atoms with Crippen molar-refractivity contribution in [3.63, 3.8) is 0 Å². The van der Waals surface area contributed by atoms with E-state index in [-0.39, 0.29) is 0 Å². The molecule has 0 radical (unpaired) electrons. The lowest BCUT2D eigenvalue weighted by Crippen LogP contribution is -1.81. The van der Waals surface area contributed by atoms with E-state index in [1.807, 2.05) is 29.5 Å². The van der Waals surface area contributed by atoms with E-state index in [0.717, 1.165) is 17.0 Å². The summed E-state index contributed by atoms with van der Waals surface area (Å²) in [6, 6.07) is 10.3. The van der Waals surface area contributed by atoms with Gasteiger partial charge in [0.05, 0.1) is 0 Å². The predicted molar refractivity (Wildman–Crippen MR) is 75.2 cm³/mol. The lowest BCUT2D eigenvalue weighted by molar-refractivity contribution is 1.26. The van der Waals surface area contributed by atoms with Crippen LogP contribution in [0.5, 0.6) is 0 Å². The van der Waals surface area contributed by atoms with Crippen molar-refractivity contribution >= 4 is 33.8 Å². The summed E-state index contributed by atoms with van der Waals surface area (Å²) in [5, 5.41) is 2.02. The second kappa shape index (κ2) is 4.21. The molecular formula is C14H12ClNS. The van der Waals surface area contributed by atoms with Gasteiger partial charge in [-0.25, -0.2) is 0 Å². The molecule has 0 bridgehead atoms. The van der Waals surface area contributed by atoms with Crippen LogP contribution in [0.15, 0.2) is 36.5 Å². The van der Waals surface area contributed by atoms with Gasteiger partial charge in [-0.05, 0) is 42.8 Å². The maximum Gasteiger partial charge on any atom is 0.0457 e. The smallest absolute Gasteiger partial charge is 0.0457 e. The first-order chi connectivity index (χ1) is 8.22. The highest BCUT2D eigenvalue weighted by Gasteiger charge is 2.06. The van der Waals surface area contributed by atoms with Crippen LogP contribution in [0, 0.1) is 6.92 Å². The summed E-state index contributed by atoms with van der Waals surface area (Å²) in [5.74, 6) is 0. The molecule has 0 atom stereocenters. The van der Waals surface area contributed by atoms with Crippen LogP contribution in [-0.4, -0.2) is 4.98 Å². The fourth-order valence-electron chi connectivity index (χ4n) is 2.06. The molecule has 3 aromatic rings. The lowest BCUT2D eigenvalue weighted by Gasteiger charge is -1.97. The zero-order chi connectivity index (χ0) is 11.8. The second-order valence-corrected chi connectivity index (χ2v) is 6.00. The number of aryl methyl sites for hydroxylation is 1. The SMILES string of the molecule is Cc1ccc(Cc2c[nH]c3ccc(Cl)cc23)s1. The van der Waals surface area contributed by atoms with Gasteiger partial charge in [0.1, 0.15) is 0 Å². The molecule has 2 aromatic heterocycles. The molecule has 0 unspecified atom stereocenters. The number of nitrogens with one attached hydrogen (secondary N) is 1. The fraction of sp³-hybridized carbons (Fsp3) is 0.143. The Morgan fingerprint density at radius 2 is 2.12 bits per heavy atom. The summed E-state index contributed by atoms with van der Waals surface area (Å²) in [5.41, 5.74) is 2.46. The van der Waals surface area contributed by atoms with Gasteiger partial charge < -0.3 is 4.98 Å². The Morgan fingerprint density at radius 1 is 1.24 bits per heavy atom. The standard InChI is InChI=1S/C14H12ClNS/c1-9-2-4-12(17-9)6-10-8-16-14-5-3-11(15)7-13(10)14/h2-5,7-8,16H,6H2,1H3. The highest BCUT2D eigenvalue weighted by molar-refractivity contribution is 7.11. The van der Waals surface area contributed by atoms with Crippen molar-refractivity contribution < 1.29 is 0 Å². The molecule has 3 heteroatoms. The van der Waals surface area contributed by atoms with Gasteiger partial charge in [0, 0.05) is 38.3 Å². The summed E-state index contributed by atoms with van der Waals surface area (Å²) >= 11 is 7.90. The normalized spacial score (nSPS) is 11.2. The number of aromatic amines is 1. The minimum absolute atomic E-state index is 0.792. The number of fused-ring (bicyclic) bond motifs is 1. The minimum Gasteiger partial charge on any atom is -0.361 e. The molecule has 0 aliphatic heterocycles. The van der Waals surface area contributed by atoms with Gasteiger partial charge >= 0.3 is 0 Å². The topological polar surface area (TPSA) is 15.8 Å². The van der Waals surface area contributed by atoms with Gasteiger partial charge in [-0.3, -0.25) is 0 Å². The Bertz CT molecular complexity index is 666. The Hall–Kier alpha value is -1.25. The monoisotopic (exact) mass is 261 g/mol. The second-order valence-electron chi connectivity index (χ2n) is 4.19. The zero-order valence-corrected chi connectivity index (χ0v) is 11.0. The van der Waals surface area contributed by atoms with Gasteiger partial charge in [-0.2, -0.15) is 0 Å². The van der Waals surface area contributed by atoms with Crippen LogP contribution in [0.4, 0.5) is 0 Å². The van der Waals surface area contributed by atoms with Crippen LogP contribution in [0.3, 0.4) is 0 Å². The van der Waals surface area contributed by atoms with Gasteiger partial charge in [0.15, 0.2) is 0 Å². The third kappa shape index (κ3) is 2.11. The summed E-state index contributed by atoms with van der Waals surface area (Å²) in [6.45, 7) is 2.14. The molecule has 0 amide bonds. The van der Waals surface area contributed by atoms with Crippen LogP contribution < -0.4 is 0 Å². The number of hydrogen-bond donors (Lipinski definition) is 1. The van der Waals surface area contributed by atoms with Gasteiger partial charge in [-0.1, -0.05) is 11.6 Å². The minimum atomic E-state index is 0.792. The number of halogens is 1. The summed E-state index contributed by atoms with van der Waals surface area (Å²) in [7, 11) is 0. The molecule has 17 heavy (non-hydrogen) atoms. The molecule has 1 nitrogen and oxygen atoms in total. The largest absolute Gasteiger partial charge is 0.361 e. The van der Waals surface area contributed by atoms with Gasteiger partial charge in [0.25, 0.3) is 0 Å². The highest BCUT2D eigenvalue weighted by Crippen LogP contribution is 2.26. The van der Waals surface area contributed by atoms with Crippen molar-refractivity contribution in [2.45, 2.75) is 13.3 Å². The molecular weight excluding hydrogens is 250 g/mol. The van der Waals surface area contributed by atoms with E-state index in [4.69, 9.17) is 11.6 Å². The van der Waals surface area contributed by atoms with Crippen molar-refractivity contribution in [2.24, 2.45) is 0 Å². The van der Waals surface area contributed by atoms with E-state index in [1.165, 1.54) is 20.7 Å². The summed E-state index contributed by atoms with van der Waals surface area (Å²) in [4.78, 5) is 6.04. The van der Waals surface area contributed by atoms with Crippen LogP contribution in [0.1, 0.15) is 15.3 Å². The van der Waals surface area contributed by atoms with Crippen molar-refractivity contribution in [1.29, 1.82) is 0 Å². The third-order valence-corrected chi connectivity index (χ3v) is 4.13. The number of H-pyrrole nitrogens is 1. The fourth-order valence-corrected chi connectivity index (χ4v) is 3.15. The molecule has 2 heterocycles.